The van der Waals surface area contributed by atoms with Crippen LogP contribution in [0.15, 0.2) is 33.8 Å². The third kappa shape index (κ3) is 3.38. The summed E-state index contributed by atoms with van der Waals surface area (Å²) in [5.74, 6) is 2.55. The number of benzene rings is 1. The Morgan fingerprint density at radius 1 is 1.26 bits per heavy atom. The SMILES string of the molecule is Clc1ccc(-c2noc(CSC3=NCC4CCCC4N3)n2)cc1. The van der Waals surface area contributed by atoms with Crippen molar-refractivity contribution in [1.29, 1.82) is 0 Å². The summed E-state index contributed by atoms with van der Waals surface area (Å²) in [4.78, 5) is 9.06. The molecule has 7 heteroatoms. The third-order valence-corrected chi connectivity index (χ3v) is 5.50. The number of thioether (sulfide) groups is 1. The summed E-state index contributed by atoms with van der Waals surface area (Å²) in [6.07, 6.45) is 3.86. The lowest BCUT2D eigenvalue weighted by Crippen LogP contribution is -2.41. The minimum Gasteiger partial charge on any atom is -0.362 e. The second-order valence-electron chi connectivity index (χ2n) is 5.89. The Labute approximate surface area is 143 Å². The number of nitrogens with zero attached hydrogens (tertiary/aromatic N) is 3. The molecule has 1 aromatic heterocycles. The van der Waals surface area contributed by atoms with E-state index in [4.69, 9.17) is 16.1 Å². The lowest BCUT2D eigenvalue weighted by Gasteiger charge is -2.26. The van der Waals surface area contributed by atoms with Crippen LogP contribution in [0.3, 0.4) is 0 Å². The molecule has 120 valence electrons. The van der Waals surface area contributed by atoms with E-state index >= 15 is 0 Å². The van der Waals surface area contributed by atoms with Crippen LogP contribution in [0.5, 0.6) is 0 Å². The summed E-state index contributed by atoms with van der Waals surface area (Å²) < 4.78 is 5.33. The number of fused-ring (bicyclic) bond motifs is 1. The van der Waals surface area contributed by atoms with Gasteiger partial charge in [0, 0.05) is 23.2 Å². The molecule has 1 aliphatic heterocycles. The average molecular weight is 349 g/mol. The lowest BCUT2D eigenvalue weighted by atomic mass is 10.0. The van der Waals surface area contributed by atoms with E-state index in [9.17, 15) is 0 Å². The number of hydrogen-bond acceptors (Lipinski definition) is 6. The van der Waals surface area contributed by atoms with E-state index in [1.54, 1.807) is 11.8 Å². The molecule has 2 aromatic rings. The van der Waals surface area contributed by atoms with Crippen molar-refractivity contribution in [3.05, 3.63) is 35.2 Å². The average Bonchev–Trinajstić information content (AvgIpc) is 3.22. The number of rotatable bonds is 3. The monoisotopic (exact) mass is 348 g/mol. The molecule has 5 nitrogen and oxygen atoms in total. The van der Waals surface area contributed by atoms with E-state index in [1.807, 2.05) is 24.3 Å². The number of aromatic nitrogens is 2. The molecule has 0 saturated heterocycles. The number of aliphatic imine (C=N–C) groups is 1. The van der Waals surface area contributed by atoms with E-state index in [2.05, 4.69) is 20.4 Å². The molecule has 2 heterocycles. The van der Waals surface area contributed by atoms with Gasteiger partial charge in [0.05, 0.1) is 5.75 Å². The van der Waals surface area contributed by atoms with Crippen LogP contribution in [0.2, 0.25) is 5.02 Å². The summed E-state index contributed by atoms with van der Waals surface area (Å²) in [5.41, 5.74) is 0.899. The zero-order chi connectivity index (χ0) is 15.6. The van der Waals surface area contributed by atoms with Crippen LogP contribution in [0.4, 0.5) is 0 Å². The van der Waals surface area contributed by atoms with E-state index in [1.165, 1.54) is 19.3 Å². The first-order chi connectivity index (χ1) is 11.3. The Morgan fingerprint density at radius 3 is 3.00 bits per heavy atom. The first-order valence-corrected chi connectivity index (χ1v) is 9.16. The molecule has 2 atom stereocenters. The fourth-order valence-electron chi connectivity index (χ4n) is 3.10. The molecule has 4 rings (SSSR count). The molecule has 1 aromatic carbocycles. The molecular formula is C16H17ClN4OS. The molecule has 23 heavy (non-hydrogen) atoms. The van der Waals surface area contributed by atoms with Gasteiger partial charge in [-0.3, -0.25) is 4.99 Å². The van der Waals surface area contributed by atoms with Crippen molar-refractivity contribution in [1.82, 2.24) is 15.5 Å². The molecule has 2 aliphatic rings. The molecule has 0 spiro atoms. The second kappa shape index (κ2) is 6.53. The van der Waals surface area contributed by atoms with Crippen LogP contribution in [-0.4, -0.2) is 27.9 Å². The van der Waals surface area contributed by atoms with Gasteiger partial charge in [0.1, 0.15) is 0 Å². The van der Waals surface area contributed by atoms with Crippen LogP contribution < -0.4 is 5.32 Å². The number of hydrogen-bond donors (Lipinski definition) is 1. The molecule has 0 radical (unpaired) electrons. The van der Waals surface area contributed by atoms with Crippen molar-refractivity contribution in [2.45, 2.75) is 31.1 Å². The maximum absolute atomic E-state index is 5.89. The van der Waals surface area contributed by atoms with Crippen molar-refractivity contribution < 1.29 is 4.52 Å². The standard InChI is InChI=1S/C16H17ClN4OS/c17-12-6-4-10(5-7-12)15-20-14(22-21-15)9-23-16-18-8-11-2-1-3-13(11)19-16/h4-7,11,13H,1-3,8-9H2,(H,18,19). The van der Waals surface area contributed by atoms with Crippen molar-refractivity contribution in [2.24, 2.45) is 10.9 Å². The number of amidine groups is 1. The highest BCUT2D eigenvalue weighted by molar-refractivity contribution is 8.13. The summed E-state index contributed by atoms with van der Waals surface area (Å²) >= 11 is 7.52. The Morgan fingerprint density at radius 2 is 2.13 bits per heavy atom. The quantitative estimate of drug-likeness (QED) is 0.915. The Hall–Kier alpha value is -1.53. The van der Waals surface area contributed by atoms with Gasteiger partial charge in [-0.1, -0.05) is 34.9 Å². The highest BCUT2D eigenvalue weighted by Crippen LogP contribution is 2.30. The van der Waals surface area contributed by atoms with Crippen LogP contribution >= 0.6 is 23.4 Å². The third-order valence-electron chi connectivity index (χ3n) is 4.34. The Kier molecular flexibility index (Phi) is 4.27. The van der Waals surface area contributed by atoms with E-state index < -0.39 is 0 Å². The highest BCUT2D eigenvalue weighted by atomic mass is 35.5. The molecule has 2 unspecified atom stereocenters. The van der Waals surface area contributed by atoms with E-state index in [-0.39, 0.29) is 0 Å². The zero-order valence-electron chi connectivity index (χ0n) is 12.5. The maximum atomic E-state index is 5.89. The molecule has 1 fully saturated rings. The van der Waals surface area contributed by atoms with Gasteiger partial charge in [-0.2, -0.15) is 4.98 Å². The molecule has 1 aliphatic carbocycles. The number of nitrogens with one attached hydrogen (secondary N) is 1. The molecule has 1 saturated carbocycles. The maximum Gasteiger partial charge on any atom is 0.237 e. The fourth-order valence-corrected chi connectivity index (χ4v) is 4.00. The second-order valence-corrected chi connectivity index (χ2v) is 7.30. The summed E-state index contributed by atoms with van der Waals surface area (Å²) in [6, 6.07) is 8.01. The molecule has 0 amide bonds. The van der Waals surface area contributed by atoms with E-state index in [0.717, 1.165) is 23.2 Å². The summed E-state index contributed by atoms with van der Waals surface area (Å²) in [5, 5.41) is 9.26. The lowest BCUT2D eigenvalue weighted by molar-refractivity contribution is 0.391. The fraction of sp³-hybridized carbons (Fsp3) is 0.438. The van der Waals surface area contributed by atoms with Gasteiger partial charge in [-0.25, -0.2) is 0 Å². The van der Waals surface area contributed by atoms with Gasteiger partial charge in [0.15, 0.2) is 5.17 Å². The van der Waals surface area contributed by atoms with Gasteiger partial charge in [0.25, 0.3) is 0 Å². The first kappa shape index (κ1) is 15.0. The van der Waals surface area contributed by atoms with Crippen molar-refractivity contribution in [3.63, 3.8) is 0 Å². The van der Waals surface area contributed by atoms with Crippen LogP contribution in [-0.2, 0) is 5.75 Å². The molecule has 0 bridgehead atoms. The van der Waals surface area contributed by atoms with Gasteiger partial charge >= 0.3 is 0 Å². The Bertz CT molecular complexity index is 715. The minimum absolute atomic E-state index is 0.590. The summed E-state index contributed by atoms with van der Waals surface area (Å²) in [7, 11) is 0. The van der Waals surface area contributed by atoms with Crippen LogP contribution in [0.1, 0.15) is 25.2 Å². The van der Waals surface area contributed by atoms with Gasteiger partial charge in [-0.15, -0.1) is 0 Å². The predicted octanol–water partition coefficient (Wildman–Crippen LogP) is 3.75. The normalized spacial score (nSPS) is 23.3. The molecule has 1 N–H and O–H groups in total. The summed E-state index contributed by atoms with van der Waals surface area (Å²) in [6.45, 7) is 0.944. The highest BCUT2D eigenvalue weighted by Gasteiger charge is 2.30. The van der Waals surface area contributed by atoms with Crippen molar-refractivity contribution in [2.75, 3.05) is 6.54 Å². The first-order valence-electron chi connectivity index (χ1n) is 7.80. The minimum atomic E-state index is 0.590. The van der Waals surface area contributed by atoms with Gasteiger partial charge in [-0.05, 0) is 43.0 Å². The molecular weight excluding hydrogens is 332 g/mol. The smallest absolute Gasteiger partial charge is 0.237 e. The topological polar surface area (TPSA) is 63.3 Å². The van der Waals surface area contributed by atoms with Crippen LogP contribution in [0, 0.1) is 5.92 Å². The predicted molar refractivity (Wildman–Crippen MR) is 92.6 cm³/mol. The van der Waals surface area contributed by atoms with Gasteiger partial charge in [0.2, 0.25) is 11.7 Å². The largest absolute Gasteiger partial charge is 0.362 e. The Balaban J connectivity index is 1.37. The van der Waals surface area contributed by atoms with Crippen molar-refractivity contribution in [3.8, 4) is 11.4 Å². The number of halogens is 1. The van der Waals surface area contributed by atoms with Crippen molar-refractivity contribution >= 4 is 28.5 Å². The van der Waals surface area contributed by atoms with Crippen LogP contribution in [0.25, 0.3) is 11.4 Å². The van der Waals surface area contributed by atoms with E-state index in [0.29, 0.717) is 28.5 Å². The van der Waals surface area contributed by atoms with Gasteiger partial charge < -0.3 is 9.84 Å². The zero-order valence-corrected chi connectivity index (χ0v) is 14.1.